The molecule has 0 spiro atoms. The zero-order chi connectivity index (χ0) is 15.3. The Hall–Kier alpha value is -2.10. The Morgan fingerprint density at radius 1 is 1.30 bits per heavy atom. The molecule has 0 aliphatic carbocycles. The molecule has 0 bridgehead atoms. The summed E-state index contributed by atoms with van der Waals surface area (Å²) in [5, 5.41) is 8.61. The Kier molecular flexibility index (Phi) is 5.08. The highest BCUT2D eigenvalue weighted by atomic mass is 16.4. The van der Waals surface area contributed by atoms with Crippen molar-refractivity contribution < 1.29 is 14.7 Å². The molecule has 4 heteroatoms. The summed E-state index contributed by atoms with van der Waals surface area (Å²) < 4.78 is 0. The van der Waals surface area contributed by atoms with Gasteiger partial charge in [0.2, 0.25) is 0 Å². The van der Waals surface area contributed by atoms with E-state index in [-0.39, 0.29) is 11.3 Å². The zero-order valence-electron chi connectivity index (χ0n) is 12.4. The number of amides is 1. The summed E-state index contributed by atoms with van der Waals surface area (Å²) in [6.07, 6.45) is 2.53. The van der Waals surface area contributed by atoms with Crippen LogP contribution >= 0.6 is 0 Å². The van der Waals surface area contributed by atoms with Crippen LogP contribution in [0.1, 0.15) is 36.7 Å². The summed E-state index contributed by atoms with van der Waals surface area (Å²) >= 11 is 0. The first-order valence-electron chi connectivity index (χ1n) is 6.45. The minimum Gasteiger partial charge on any atom is -0.478 e. The van der Waals surface area contributed by atoms with Gasteiger partial charge >= 0.3 is 5.97 Å². The van der Waals surface area contributed by atoms with Crippen molar-refractivity contribution in [2.75, 3.05) is 13.6 Å². The van der Waals surface area contributed by atoms with E-state index in [9.17, 15) is 9.59 Å². The van der Waals surface area contributed by atoms with Gasteiger partial charge in [-0.15, -0.1) is 0 Å². The normalized spacial score (nSPS) is 11.6. The molecule has 1 amide bonds. The molecule has 0 atom stereocenters. The van der Waals surface area contributed by atoms with Gasteiger partial charge in [0.1, 0.15) is 0 Å². The molecule has 0 saturated heterocycles. The lowest BCUT2D eigenvalue weighted by Crippen LogP contribution is -2.34. The van der Waals surface area contributed by atoms with Crippen LogP contribution in [0.3, 0.4) is 0 Å². The van der Waals surface area contributed by atoms with E-state index in [1.165, 1.54) is 6.08 Å². The van der Waals surface area contributed by atoms with Gasteiger partial charge < -0.3 is 10.0 Å². The molecule has 0 aliphatic heterocycles. The maximum absolute atomic E-state index is 12.3. The molecule has 4 nitrogen and oxygen atoms in total. The van der Waals surface area contributed by atoms with Crippen molar-refractivity contribution in [3.8, 4) is 0 Å². The monoisotopic (exact) mass is 275 g/mol. The SMILES string of the molecule is CN(CC(C)(C)C)C(=O)c1cccc(C=CC(=O)O)c1. The van der Waals surface area contributed by atoms with Crippen LogP contribution in [0.15, 0.2) is 30.3 Å². The van der Waals surface area contributed by atoms with Gasteiger partial charge in [-0.2, -0.15) is 0 Å². The number of rotatable bonds is 4. The van der Waals surface area contributed by atoms with E-state index in [1.54, 1.807) is 36.2 Å². The van der Waals surface area contributed by atoms with Gasteiger partial charge in [0.15, 0.2) is 0 Å². The molecule has 1 aromatic rings. The molecule has 1 aromatic carbocycles. The molecule has 0 unspecified atom stereocenters. The van der Waals surface area contributed by atoms with Crippen LogP contribution in [-0.4, -0.2) is 35.5 Å². The quantitative estimate of drug-likeness (QED) is 0.860. The Morgan fingerprint density at radius 3 is 2.50 bits per heavy atom. The molecular weight excluding hydrogens is 254 g/mol. The van der Waals surface area contributed by atoms with Crippen LogP contribution in [0.5, 0.6) is 0 Å². The van der Waals surface area contributed by atoms with Crippen molar-refractivity contribution in [2.24, 2.45) is 5.41 Å². The van der Waals surface area contributed by atoms with Crippen LogP contribution in [-0.2, 0) is 4.79 Å². The number of hydrogen-bond acceptors (Lipinski definition) is 2. The van der Waals surface area contributed by atoms with Crippen LogP contribution in [0.2, 0.25) is 0 Å². The second kappa shape index (κ2) is 6.37. The summed E-state index contributed by atoms with van der Waals surface area (Å²) in [4.78, 5) is 24.5. The maximum atomic E-state index is 12.3. The number of carboxylic acids is 1. The van der Waals surface area contributed by atoms with Gasteiger partial charge in [0.25, 0.3) is 5.91 Å². The topological polar surface area (TPSA) is 57.6 Å². The first-order valence-corrected chi connectivity index (χ1v) is 6.45. The molecular formula is C16H21NO3. The summed E-state index contributed by atoms with van der Waals surface area (Å²) in [5.41, 5.74) is 1.29. The molecule has 108 valence electrons. The van der Waals surface area contributed by atoms with E-state index in [1.807, 2.05) is 0 Å². The Balaban J connectivity index is 2.89. The maximum Gasteiger partial charge on any atom is 0.328 e. The molecule has 0 aromatic heterocycles. The van der Waals surface area contributed by atoms with E-state index in [0.29, 0.717) is 17.7 Å². The van der Waals surface area contributed by atoms with Crippen LogP contribution in [0.25, 0.3) is 6.08 Å². The average Bonchev–Trinajstić information content (AvgIpc) is 2.33. The van der Waals surface area contributed by atoms with E-state index in [0.717, 1.165) is 6.08 Å². The second-order valence-corrected chi connectivity index (χ2v) is 6.02. The van der Waals surface area contributed by atoms with Crippen molar-refractivity contribution in [3.05, 3.63) is 41.5 Å². The average molecular weight is 275 g/mol. The van der Waals surface area contributed by atoms with E-state index in [4.69, 9.17) is 5.11 Å². The minimum absolute atomic E-state index is 0.0330. The van der Waals surface area contributed by atoms with Crippen molar-refractivity contribution in [1.29, 1.82) is 0 Å². The van der Waals surface area contributed by atoms with Gasteiger partial charge in [-0.1, -0.05) is 32.9 Å². The fourth-order valence-corrected chi connectivity index (χ4v) is 1.95. The smallest absolute Gasteiger partial charge is 0.328 e. The number of hydrogen-bond donors (Lipinski definition) is 1. The number of carbonyl (C=O) groups is 2. The van der Waals surface area contributed by atoms with Gasteiger partial charge in [-0.25, -0.2) is 4.79 Å². The summed E-state index contributed by atoms with van der Waals surface area (Å²) in [6.45, 7) is 6.87. The third kappa shape index (κ3) is 5.26. The van der Waals surface area contributed by atoms with E-state index in [2.05, 4.69) is 20.8 Å². The van der Waals surface area contributed by atoms with E-state index < -0.39 is 5.97 Å². The number of carbonyl (C=O) groups excluding carboxylic acids is 1. The highest BCUT2D eigenvalue weighted by Gasteiger charge is 2.18. The fourth-order valence-electron chi connectivity index (χ4n) is 1.95. The summed E-state index contributed by atoms with van der Waals surface area (Å²) in [7, 11) is 1.77. The van der Waals surface area contributed by atoms with Gasteiger partial charge in [-0.05, 0) is 29.2 Å². The Morgan fingerprint density at radius 2 is 1.95 bits per heavy atom. The van der Waals surface area contributed by atoms with Gasteiger partial charge in [0.05, 0.1) is 0 Å². The van der Waals surface area contributed by atoms with Gasteiger partial charge in [0, 0.05) is 25.2 Å². The van der Waals surface area contributed by atoms with Crippen LogP contribution in [0.4, 0.5) is 0 Å². The lowest BCUT2D eigenvalue weighted by molar-refractivity contribution is -0.131. The van der Waals surface area contributed by atoms with Crippen molar-refractivity contribution in [2.45, 2.75) is 20.8 Å². The van der Waals surface area contributed by atoms with E-state index >= 15 is 0 Å². The third-order valence-electron chi connectivity index (χ3n) is 2.61. The molecule has 20 heavy (non-hydrogen) atoms. The van der Waals surface area contributed by atoms with Crippen LogP contribution < -0.4 is 0 Å². The molecule has 0 fully saturated rings. The predicted molar refractivity (Wildman–Crippen MR) is 79.5 cm³/mol. The molecule has 1 N–H and O–H groups in total. The van der Waals surface area contributed by atoms with Gasteiger partial charge in [-0.3, -0.25) is 4.79 Å². The third-order valence-corrected chi connectivity index (χ3v) is 2.61. The Bertz CT molecular complexity index is 527. The molecule has 1 rings (SSSR count). The first kappa shape index (κ1) is 16.0. The highest BCUT2D eigenvalue weighted by Crippen LogP contribution is 2.16. The molecule has 0 radical (unpaired) electrons. The van der Waals surface area contributed by atoms with Crippen LogP contribution in [0, 0.1) is 5.41 Å². The molecule has 0 heterocycles. The summed E-state index contributed by atoms with van der Waals surface area (Å²) in [6, 6.07) is 6.94. The largest absolute Gasteiger partial charge is 0.478 e. The number of aliphatic carboxylic acids is 1. The van der Waals surface area contributed by atoms with Crippen molar-refractivity contribution >= 4 is 18.0 Å². The minimum atomic E-state index is -1.01. The molecule has 0 saturated carbocycles. The highest BCUT2D eigenvalue weighted by molar-refractivity contribution is 5.95. The standard InChI is InChI=1S/C16H21NO3/c1-16(2,3)11-17(4)15(20)13-7-5-6-12(10-13)8-9-14(18)19/h5-10H,11H2,1-4H3,(H,18,19). The van der Waals surface area contributed by atoms with Crippen molar-refractivity contribution in [1.82, 2.24) is 4.90 Å². The lowest BCUT2D eigenvalue weighted by atomic mass is 9.96. The number of benzene rings is 1. The fraction of sp³-hybridized carbons (Fsp3) is 0.375. The second-order valence-electron chi connectivity index (χ2n) is 6.02. The zero-order valence-corrected chi connectivity index (χ0v) is 12.4. The predicted octanol–water partition coefficient (Wildman–Crippen LogP) is 2.90. The lowest BCUT2D eigenvalue weighted by Gasteiger charge is -2.26. The number of nitrogens with zero attached hydrogens (tertiary/aromatic N) is 1. The van der Waals surface area contributed by atoms with Crippen molar-refractivity contribution in [3.63, 3.8) is 0 Å². The first-order chi connectivity index (χ1) is 9.19. The summed E-state index contributed by atoms with van der Waals surface area (Å²) in [5.74, 6) is -1.07. The molecule has 0 aliphatic rings. The Labute approximate surface area is 119 Å². The number of carboxylic acid groups (broad SMARTS) is 1.